The van der Waals surface area contributed by atoms with Crippen molar-refractivity contribution < 1.29 is 0 Å². The first kappa shape index (κ1) is 33.9. The van der Waals surface area contributed by atoms with Gasteiger partial charge in [0.25, 0.3) is 0 Å². The lowest BCUT2D eigenvalue weighted by Gasteiger charge is -2.30. The number of aromatic nitrogens is 3. The van der Waals surface area contributed by atoms with Crippen LogP contribution in [0.5, 0.6) is 0 Å². The van der Waals surface area contributed by atoms with E-state index in [0.29, 0.717) is 17.5 Å². The van der Waals surface area contributed by atoms with Crippen molar-refractivity contribution in [2.75, 3.05) is 0 Å². The van der Waals surface area contributed by atoms with Crippen molar-refractivity contribution in [1.82, 2.24) is 15.0 Å². The molecule has 0 atom stereocenters. The maximum absolute atomic E-state index is 5.42. The third-order valence-corrected chi connectivity index (χ3v) is 13.1. The lowest BCUT2D eigenvalue weighted by molar-refractivity contribution is 0.794. The molecule has 0 aliphatic heterocycles. The smallest absolute Gasteiger partial charge is 0.164 e. The Morgan fingerprint density at radius 1 is 0.246 bits per heavy atom. The molecule has 0 saturated carbocycles. The molecule has 0 amide bonds. The first-order valence-corrected chi connectivity index (χ1v) is 20.9. The Labute approximate surface area is 353 Å². The third-order valence-electron chi connectivity index (χ3n) is 13.1. The molecular formula is C58H35N3. The minimum absolute atomic E-state index is 0.472. The van der Waals surface area contributed by atoms with Gasteiger partial charge in [0.2, 0.25) is 0 Å². The van der Waals surface area contributed by atoms with E-state index >= 15 is 0 Å². The molecule has 2 aliphatic carbocycles. The quantitative estimate of drug-likeness (QED) is 0.179. The normalized spacial score (nSPS) is 13.0. The van der Waals surface area contributed by atoms with Crippen molar-refractivity contribution in [2.24, 2.45) is 0 Å². The number of nitrogens with zero attached hydrogens (tertiary/aromatic N) is 3. The van der Waals surface area contributed by atoms with Gasteiger partial charge in [-0.2, -0.15) is 0 Å². The summed E-state index contributed by atoms with van der Waals surface area (Å²) in [7, 11) is 0. The van der Waals surface area contributed by atoms with Crippen LogP contribution in [0.15, 0.2) is 212 Å². The summed E-state index contributed by atoms with van der Waals surface area (Å²) in [5, 5.41) is 7.02. The zero-order valence-corrected chi connectivity index (χ0v) is 33.0. The topological polar surface area (TPSA) is 38.7 Å². The largest absolute Gasteiger partial charge is 0.208 e. The van der Waals surface area contributed by atoms with Gasteiger partial charge in [-0.05, 0) is 106 Å². The molecule has 3 heteroatoms. The predicted octanol–water partition coefficient (Wildman–Crippen LogP) is 14.3. The molecular weight excluding hydrogens is 739 g/mol. The molecule has 1 aromatic heterocycles. The second-order valence-corrected chi connectivity index (χ2v) is 16.2. The molecule has 282 valence electrons. The van der Waals surface area contributed by atoms with E-state index in [1.54, 1.807) is 0 Å². The number of benzene rings is 10. The fourth-order valence-corrected chi connectivity index (χ4v) is 10.5. The van der Waals surface area contributed by atoms with E-state index < -0.39 is 5.41 Å². The van der Waals surface area contributed by atoms with Crippen LogP contribution < -0.4 is 0 Å². The van der Waals surface area contributed by atoms with Gasteiger partial charge in [0, 0.05) is 16.7 Å². The molecule has 13 rings (SSSR count). The lowest BCUT2D eigenvalue weighted by Crippen LogP contribution is -2.25. The van der Waals surface area contributed by atoms with E-state index in [0.717, 1.165) is 32.8 Å². The van der Waals surface area contributed by atoms with E-state index in [4.69, 9.17) is 15.0 Å². The van der Waals surface area contributed by atoms with Gasteiger partial charge in [0.05, 0.1) is 5.41 Å². The van der Waals surface area contributed by atoms with Gasteiger partial charge in [-0.25, -0.2) is 15.0 Å². The molecule has 3 nitrogen and oxygen atoms in total. The first-order valence-electron chi connectivity index (χ1n) is 20.9. The molecule has 0 unspecified atom stereocenters. The summed E-state index contributed by atoms with van der Waals surface area (Å²) in [6.45, 7) is 0. The Morgan fingerprint density at radius 2 is 0.672 bits per heavy atom. The minimum atomic E-state index is -0.472. The molecule has 10 aromatic carbocycles. The lowest BCUT2D eigenvalue weighted by atomic mass is 9.70. The Hall–Kier alpha value is -8.01. The van der Waals surface area contributed by atoms with Crippen LogP contribution in [0.25, 0.3) is 99.9 Å². The molecule has 1 heterocycles. The molecule has 0 radical (unpaired) electrons. The summed E-state index contributed by atoms with van der Waals surface area (Å²) >= 11 is 0. The van der Waals surface area contributed by atoms with Crippen molar-refractivity contribution in [1.29, 1.82) is 0 Å². The highest BCUT2D eigenvalue weighted by molar-refractivity contribution is 6.09. The van der Waals surface area contributed by atoms with E-state index in [-0.39, 0.29) is 0 Å². The maximum Gasteiger partial charge on any atom is 0.164 e. The molecule has 1 spiro atoms. The Kier molecular flexibility index (Phi) is 7.22. The van der Waals surface area contributed by atoms with Gasteiger partial charge in [-0.1, -0.05) is 194 Å². The number of fused-ring (bicyclic) bond motifs is 13. The highest BCUT2D eigenvalue weighted by atomic mass is 15.0. The zero-order chi connectivity index (χ0) is 40.1. The summed E-state index contributed by atoms with van der Waals surface area (Å²) in [5.74, 6) is 1.93. The molecule has 0 fully saturated rings. The van der Waals surface area contributed by atoms with Crippen molar-refractivity contribution >= 4 is 32.3 Å². The fourth-order valence-electron chi connectivity index (χ4n) is 10.5. The molecule has 0 saturated heterocycles. The first-order chi connectivity index (χ1) is 30.2. The fraction of sp³-hybridized carbons (Fsp3) is 0.0172. The zero-order valence-electron chi connectivity index (χ0n) is 33.0. The Morgan fingerprint density at radius 3 is 1.36 bits per heavy atom. The van der Waals surface area contributed by atoms with Crippen LogP contribution in [0.1, 0.15) is 22.3 Å². The molecule has 0 N–H and O–H groups in total. The summed E-state index contributed by atoms with van der Waals surface area (Å²) in [4.78, 5) is 16.1. The highest BCUT2D eigenvalue weighted by Gasteiger charge is 2.51. The van der Waals surface area contributed by atoms with Crippen LogP contribution in [0, 0.1) is 0 Å². The van der Waals surface area contributed by atoms with Gasteiger partial charge in [0.15, 0.2) is 17.5 Å². The van der Waals surface area contributed by atoms with E-state index in [1.165, 1.54) is 71.8 Å². The van der Waals surface area contributed by atoms with Gasteiger partial charge < -0.3 is 0 Å². The summed E-state index contributed by atoms with van der Waals surface area (Å²) in [5.41, 5.74) is 15.0. The summed E-state index contributed by atoms with van der Waals surface area (Å²) in [6.07, 6.45) is 0. The maximum atomic E-state index is 5.42. The van der Waals surface area contributed by atoms with E-state index in [1.807, 2.05) is 0 Å². The second-order valence-electron chi connectivity index (χ2n) is 16.2. The van der Waals surface area contributed by atoms with Crippen LogP contribution in [-0.4, -0.2) is 15.0 Å². The van der Waals surface area contributed by atoms with Crippen LogP contribution >= 0.6 is 0 Å². The second kappa shape index (κ2) is 13.0. The monoisotopic (exact) mass is 773 g/mol. The SMILES string of the molecule is c1ccc2c(c1)-c1ccccc1C21c2ccccc2-c2ccc(-c3nc(-c4ccc5ccccc5c4)nc(-c4ccc(-c5cccc6ccccc56)c5ccccc45)n3)cc21. The standard InChI is InChI=1S/C58H35N3/c1-2-16-38-34-39(29-28-36(38)14-1)55-59-56(61-57(60-55)50-33-32-45(43-19-5-6-20-44(43)50)42-24-13-17-37-15-3-4-18-41(37)42)40-30-31-49-48-23-9-12-27-53(48)58(54(49)35-40)51-25-10-7-21-46(51)47-22-8-11-26-52(47)58/h1-35H. The average Bonchev–Trinajstić information content (AvgIpc) is 3.80. The third kappa shape index (κ3) is 4.89. The van der Waals surface area contributed by atoms with Crippen molar-refractivity contribution in [3.63, 3.8) is 0 Å². The molecule has 11 aromatic rings. The Bertz CT molecular complexity index is 3550. The van der Waals surface area contributed by atoms with Gasteiger partial charge in [-0.3, -0.25) is 0 Å². The average molecular weight is 774 g/mol. The van der Waals surface area contributed by atoms with Crippen LogP contribution in [-0.2, 0) is 5.41 Å². The van der Waals surface area contributed by atoms with E-state index in [9.17, 15) is 0 Å². The minimum Gasteiger partial charge on any atom is -0.208 e. The molecule has 2 aliphatic rings. The van der Waals surface area contributed by atoms with Crippen LogP contribution in [0.2, 0.25) is 0 Å². The number of hydrogen-bond donors (Lipinski definition) is 0. The predicted molar refractivity (Wildman–Crippen MR) is 250 cm³/mol. The molecule has 0 bridgehead atoms. The highest BCUT2D eigenvalue weighted by Crippen LogP contribution is 2.63. The van der Waals surface area contributed by atoms with Gasteiger partial charge >= 0.3 is 0 Å². The van der Waals surface area contributed by atoms with Crippen molar-refractivity contribution in [3.8, 4) is 67.5 Å². The number of rotatable bonds is 4. The van der Waals surface area contributed by atoms with Crippen molar-refractivity contribution in [3.05, 3.63) is 235 Å². The van der Waals surface area contributed by atoms with Crippen LogP contribution in [0.4, 0.5) is 0 Å². The van der Waals surface area contributed by atoms with Gasteiger partial charge in [-0.15, -0.1) is 0 Å². The van der Waals surface area contributed by atoms with Crippen LogP contribution in [0.3, 0.4) is 0 Å². The summed E-state index contributed by atoms with van der Waals surface area (Å²) in [6, 6.07) is 76.8. The summed E-state index contributed by atoms with van der Waals surface area (Å²) < 4.78 is 0. The van der Waals surface area contributed by atoms with Gasteiger partial charge in [0.1, 0.15) is 0 Å². The Balaban J connectivity index is 1.05. The number of hydrogen-bond acceptors (Lipinski definition) is 3. The van der Waals surface area contributed by atoms with E-state index in [2.05, 4.69) is 212 Å². The van der Waals surface area contributed by atoms with Crippen molar-refractivity contribution in [2.45, 2.75) is 5.41 Å². The molecule has 61 heavy (non-hydrogen) atoms.